The maximum absolute atomic E-state index is 13.1. The van der Waals surface area contributed by atoms with Gasteiger partial charge in [0.1, 0.15) is 5.69 Å². The molecule has 0 fully saturated rings. The number of benzene rings is 3. The first-order chi connectivity index (χ1) is 13.6. The van der Waals surface area contributed by atoms with Gasteiger partial charge in [-0.15, -0.1) is 5.10 Å². The van der Waals surface area contributed by atoms with Gasteiger partial charge >= 0.3 is 0 Å². The van der Waals surface area contributed by atoms with Crippen LogP contribution in [0.25, 0.3) is 11.3 Å². The SMILES string of the molecule is O=C(c1ccc(Cl)cc1)c1nnn(Cc2ccccc2)c1-c1ccc(Cl)cc1. The van der Waals surface area contributed by atoms with Crippen LogP contribution in [0, 0.1) is 0 Å². The van der Waals surface area contributed by atoms with Crippen molar-refractivity contribution in [2.24, 2.45) is 0 Å². The van der Waals surface area contributed by atoms with Crippen LogP contribution in [0.5, 0.6) is 0 Å². The van der Waals surface area contributed by atoms with E-state index in [-0.39, 0.29) is 5.78 Å². The topological polar surface area (TPSA) is 47.8 Å². The molecule has 4 aromatic rings. The van der Waals surface area contributed by atoms with Crippen molar-refractivity contribution in [1.29, 1.82) is 0 Å². The molecule has 138 valence electrons. The standard InChI is InChI=1S/C22H15Cl2N3O/c23-18-10-6-16(7-11-18)21-20(22(28)17-8-12-19(24)13-9-17)25-26-27(21)14-15-4-2-1-3-5-15/h1-13H,14H2. The molecule has 0 N–H and O–H groups in total. The van der Waals surface area contributed by atoms with Gasteiger partial charge in [-0.3, -0.25) is 4.79 Å². The lowest BCUT2D eigenvalue weighted by Gasteiger charge is -2.09. The van der Waals surface area contributed by atoms with E-state index in [4.69, 9.17) is 23.2 Å². The van der Waals surface area contributed by atoms with Crippen molar-refractivity contribution in [3.8, 4) is 11.3 Å². The zero-order valence-electron chi connectivity index (χ0n) is 14.7. The molecule has 3 aromatic carbocycles. The van der Waals surface area contributed by atoms with Crippen molar-refractivity contribution in [3.63, 3.8) is 0 Å². The van der Waals surface area contributed by atoms with Gasteiger partial charge in [-0.1, -0.05) is 70.9 Å². The Kier molecular flexibility index (Phi) is 5.24. The number of hydrogen-bond donors (Lipinski definition) is 0. The Bertz CT molecular complexity index is 1100. The van der Waals surface area contributed by atoms with Crippen molar-refractivity contribution in [2.45, 2.75) is 6.54 Å². The predicted molar refractivity (Wildman–Crippen MR) is 111 cm³/mol. The Balaban J connectivity index is 1.80. The number of carbonyl (C=O) groups is 1. The number of hydrogen-bond acceptors (Lipinski definition) is 3. The fourth-order valence-electron chi connectivity index (χ4n) is 2.96. The molecule has 0 saturated heterocycles. The zero-order chi connectivity index (χ0) is 19.5. The minimum Gasteiger partial charge on any atom is -0.287 e. The number of carbonyl (C=O) groups excluding carboxylic acids is 1. The average Bonchev–Trinajstić information content (AvgIpc) is 3.13. The maximum Gasteiger partial charge on any atom is 0.215 e. The summed E-state index contributed by atoms with van der Waals surface area (Å²) in [6.07, 6.45) is 0. The zero-order valence-corrected chi connectivity index (χ0v) is 16.2. The number of aromatic nitrogens is 3. The molecule has 0 aliphatic carbocycles. The fourth-order valence-corrected chi connectivity index (χ4v) is 3.22. The highest BCUT2D eigenvalue weighted by Crippen LogP contribution is 2.27. The Hall–Kier alpha value is -2.95. The van der Waals surface area contributed by atoms with E-state index in [2.05, 4.69) is 10.3 Å². The summed E-state index contributed by atoms with van der Waals surface area (Å²) in [5.41, 5.74) is 3.34. The third kappa shape index (κ3) is 3.84. The summed E-state index contributed by atoms with van der Waals surface area (Å²) in [4.78, 5) is 13.1. The number of ketones is 1. The second-order valence-electron chi connectivity index (χ2n) is 6.27. The quantitative estimate of drug-likeness (QED) is 0.408. The Labute approximate surface area is 172 Å². The van der Waals surface area contributed by atoms with Gasteiger partial charge in [0.15, 0.2) is 5.69 Å². The normalized spacial score (nSPS) is 10.8. The lowest BCUT2D eigenvalue weighted by molar-refractivity contribution is 0.103. The first-order valence-electron chi connectivity index (χ1n) is 8.65. The van der Waals surface area contributed by atoms with Crippen LogP contribution in [-0.4, -0.2) is 20.8 Å². The van der Waals surface area contributed by atoms with Gasteiger partial charge < -0.3 is 0 Å². The minimum atomic E-state index is -0.207. The van der Waals surface area contributed by atoms with Gasteiger partial charge in [-0.2, -0.15) is 0 Å². The minimum absolute atomic E-state index is 0.207. The van der Waals surface area contributed by atoms with Crippen LogP contribution in [0.1, 0.15) is 21.6 Å². The number of rotatable bonds is 5. The molecule has 4 rings (SSSR count). The van der Waals surface area contributed by atoms with Crippen molar-refractivity contribution in [2.75, 3.05) is 0 Å². The molecule has 0 atom stereocenters. The highest BCUT2D eigenvalue weighted by atomic mass is 35.5. The summed E-state index contributed by atoms with van der Waals surface area (Å²) in [7, 11) is 0. The molecular weight excluding hydrogens is 393 g/mol. The molecule has 0 amide bonds. The molecule has 28 heavy (non-hydrogen) atoms. The summed E-state index contributed by atoms with van der Waals surface area (Å²) in [6.45, 7) is 0.500. The summed E-state index contributed by atoms with van der Waals surface area (Å²) in [5.74, 6) is -0.207. The van der Waals surface area contributed by atoms with Gasteiger partial charge in [0.2, 0.25) is 5.78 Å². The average molecular weight is 408 g/mol. The largest absolute Gasteiger partial charge is 0.287 e. The molecule has 0 spiro atoms. The Morgan fingerprint density at radius 2 is 1.43 bits per heavy atom. The second-order valence-corrected chi connectivity index (χ2v) is 7.15. The molecular formula is C22H15Cl2N3O. The summed E-state index contributed by atoms with van der Waals surface area (Å²) < 4.78 is 1.74. The maximum atomic E-state index is 13.1. The highest BCUT2D eigenvalue weighted by Gasteiger charge is 2.22. The van der Waals surface area contributed by atoms with E-state index in [1.165, 1.54) is 0 Å². The molecule has 6 heteroatoms. The van der Waals surface area contributed by atoms with Crippen molar-refractivity contribution < 1.29 is 4.79 Å². The van der Waals surface area contributed by atoms with Crippen LogP contribution >= 0.6 is 23.2 Å². The molecule has 0 bridgehead atoms. The molecule has 0 saturated carbocycles. The van der Waals surface area contributed by atoms with Gasteiger partial charge in [-0.25, -0.2) is 4.68 Å². The van der Waals surface area contributed by atoms with Crippen LogP contribution in [0.15, 0.2) is 78.9 Å². The molecule has 1 heterocycles. The molecule has 4 nitrogen and oxygen atoms in total. The third-order valence-corrected chi connectivity index (χ3v) is 4.85. The van der Waals surface area contributed by atoms with E-state index in [1.807, 2.05) is 42.5 Å². The molecule has 0 aliphatic rings. The van der Waals surface area contributed by atoms with E-state index >= 15 is 0 Å². The molecule has 0 aliphatic heterocycles. The van der Waals surface area contributed by atoms with Crippen molar-refractivity contribution >= 4 is 29.0 Å². The summed E-state index contributed by atoms with van der Waals surface area (Å²) >= 11 is 12.0. The fraction of sp³-hybridized carbons (Fsp3) is 0.0455. The van der Waals surface area contributed by atoms with E-state index < -0.39 is 0 Å². The first-order valence-corrected chi connectivity index (χ1v) is 9.41. The first kappa shape index (κ1) is 18.4. The van der Waals surface area contributed by atoms with Gasteiger partial charge in [0.25, 0.3) is 0 Å². The van der Waals surface area contributed by atoms with Crippen molar-refractivity contribution in [1.82, 2.24) is 15.0 Å². The highest BCUT2D eigenvalue weighted by molar-refractivity contribution is 6.31. The predicted octanol–water partition coefficient (Wildman–Crippen LogP) is 5.53. The van der Waals surface area contributed by atoms with Crippen LogP contribution in [0.3, 0.4) is 0 Å². The van der Waals surface area contributed by atoms with E-state index in [9.17, 15) is 4.79 Å². The lowest BCUT2D eigenvalue weighted by atomic mass is 10.0. The van der Waals surface area contributed by atoms with Crippen LogP contribution < -0.4 is 0 Å². The smallest absolute Gasteiger partial charge is 0.215 e. The van der Waals surface area contributed by atoms with Gasteiger partial charge in [0.05, 0.1) is 6.54 Å². The van der Waals surface area contributed by atoms with E-state index in [1.54, 1.807) is 41.1 Å². The Morgan fingerprint density at radius 1 is 0.821 bits per heavy atom. The molecule has 1 aromatic heterocycles. The number of nitrogens with zero attached hydrogens (tertiary/aromatic N) is 3. The second kappa shape index (κ2) is 7.97. The van der Waals surface area contributed by atoms with Crippen LogP contribution in [-0.2, 0) is 6.54 Å². The lowest BCUT2D eigenvalue weighted by Crippen LogP contribution is -2.07. The van der Waals surface area contributed by atoms with Crippen LogP contribution in [0.2, 0.25) is 10.0 Å². The third-order valence-electron chi connectivity index (χ3n) is 4.35. The Morgan fingerprint density at radius 3 is 2.07 bits per heavy atom. The van der Waals surface area contributed by atoms with Crippen molar-refractivity contribution in [3.05, 3.63) is 106 Å². The van der Waals surface area contributed by atoms with E-state index in [0.717, 1.165) is 11.1 Å². The van der Waals surface area contributed by atoms with Crippen LogP contribution in [0.4, 0.5) is 0 Å². The van der Waals surface area contributed by atoms with E-state index in [0.29, 0.717) is 33.5 Å². The van der Waals surface area contributed by atoms with Gasteiger partial charge in [-0.05, 0) is 42.0 Å². The summed E-state index contributed by atoms with van der Waals surface area (Å²) in [6, 6.07) is 23.9. The van der Waals surface area contributed by atoms with Gasteiger partial charge in [0, 0.05) is 21.2 Å². The monoisotopic (exact) mass is 407 g/mol. The summed E-state index contributed by atoms with van der Waals surface area (Å²) in [5, 5.41) is 9.66. The number of halogens is 2. The molecule has 0 unspecified atom stereocenters. The molecule has 0 radical (unpaired) electrons.